The second kappa shape index (κ2) is 5.83. The average molecular weight is 364 g/mol. The minimum atomic E-state index is -0.443. The van der Waals surface area contributed by atoms with Crippen molar-refractivity contribution in [2.45, 2.75) is 0 Å². The molecule has 1 aromatic carbocycles. The lowest BCUT2D eigenvalue weighted by Crippen LogP contribution is -2.06. The predicted molar refractivity (Wildman–Crippen MR) is 85.6 cm³/mol. The highest BCUT2D eigenvalue weighted by Gasteiger charge is 2.25. The quantitative estimate of drug-likeness (QED) is 0.614. The highest BCUT2D eigenvalue weighted by Crippen LogP contribution is 2.27. The van der Waals surface area contributed by atoms with E-state index in [2.05, 4.69) is 20.9 Å². The van der Waals surface area contributed by atoms with Gasteiger partial charge in [0.1, 0.15) is 5.75 Å². The van der Waals surface area contributed by atoms with Crippen molar-refractivity contribution in [1.82, 2.24) is 0 Å². The Morgan fingerprint density at radius 1 is 1.38 bits per heavy atom. The Balaban J connectivity index is 1.95. The van der Waals surface area contributed by atoms with Gasteiger partial charge in [0.05, 0.1) is 12.7 Å². The Labute approximate surface area is 133 Å². The minimum Gasteiger partial charge on any atom is -0.497 e. The molecule has 4 nitrogen and oxygen atoms in total. The summed E-state index contributed by atoms with van der Waals surface area (Å²) in [6, 6.07) is 9.22. The van der Waals surface area contributed by atoms with Crippen LogP contribution < -0.4 is 4.74 Å². The maximum atomic E-state index is 11.9. The lowest BCUT2D eigenvalue weighted by molar-refractivity contribution is -0.129. The molecule has 0 aliphatic carbocycles. The molecule has 21 heavy (non-hydrogen) atoms. The Bertz CT molecular complexity index is 750. The van der Waals surface area contributed by atoms with Gasteiger partial charge in [0.25, 0.3) is 0 Å². The van der Waals surface area contributed by atoms with Crippen molar-refractivity contribution >= 4 is 45.2 Å². The molecular formula is C15H10BrNO3S. The van der Waals surface area contributed by atoms with Gasteiger partial charge in [-0.15, -0.1) is 11.3 Å². The molecule has 0 saturated heterocycles. The van der Waals surface area contributed by atoms with Crippen LogP contribution in [-0.4, -0.2) is 19.0 Å². The van der Waals surface area contributed by atoms with E-state index in [1.54, 1.807) is 31.4 Å². The highest BCUT2D eigenvalue weighted by molar-refractivity contribution is 9.10. The average Bonchev–Trinajstić information content (AvgIpc) is 3.10. The lowest BCUT2D eigenvalue weighted by Gasteiger charge is -2.05. The maximum absolute atomic E-state index is 11.9. The van der Waals surface area contributed by atoms with E-state index in [0.29, 0.717) is 17.0 Å². The van der Waals surface area contributed by atoms with Gasteiger partial charge in [-0.1, -0.05) is 6.07 Å². The first-order chi connectivity index (χ1) is 10.2. The molecule has 1 aromatic heterocycles. The Hall–Kier alpha value is -1.92. The van der Waals surface area contributed by atoms with E-state index < -0.39 is 5.97 Å². The van der Waals surface area contributed by atoms with Crippen molar-refractivity contribution in [2.24, 2.45) is 4.99 Å². The Kier molecular flexibility index (Phi) is 3.90. The van der Waals surface area contributed by atoms with E-state index in [9.17, 15) is 4.79 Å². The van der Waals surface area contributed by atoms with Crippen molar-refractivity contribution in [3.63, 3.8) is 0 Å². The van der Waals surface area contributed by atoms with Crippen molar-refractivity contribution < 1.29 is 14.3 Å². The van der Waals surface area contributed by atoms with Crippen LogP contribution in [-0.2, 0) is 9.53 Å². The van der Waals surface area contributed by atoms with Crippen LogP contribution in [0, 0.1) is 0 Å². The number of ether oxygens (including phenoxy) is 2. The van der Waals surface area contributed by atoms with Crippen LogP contribution in [0.15, 0.2) is 50.9 Å². The van der Waals surface area contributed by atoms with E-state index in [-0.39, 0.29) is 5.90 Å². The zero-order valence-electron chi connectivity index (χ0n) is 11.0. The lowest BCUT2D eigenvalue weighted by atomic mass is 10.2. The number of esters is 1. The molecule has 0 atom stereocenters. The number of hydrogen-bond acceptors (Lipinski definition) is 5. The molecule has 0 N–H and O–H groups in total. The van der Waals surface area contributed by atoms with Crippen molar-refractivity contribution in [2.75, 3.05) is 7.11 Å². The topological polar surface area (TPSA) is 47.9 Å². The molecule has 1 aliphatic heterocycles. The SMILES string of the molecule is COc1ccc(C2=NC(=Cc3cccs3)C(=O)O2)c(Br)c1. The third kappa shape index (κ3) is 2.91. The van der Waals surface area contributed by atoms with Crippen LogP contribution in [0.25, 0.3) is 6.08 Å². The zero-order valence-corrected chi connectivity index (χ0v) is 13.4. The van der Waals surface area contributed by atoms with Crippen LogP contribution in [0.3, 0.4) is 0 Å². The standard InChI is InChI=1S/C15H10BrNO3S/c1-19-9-4-5-11(12(16)7-9)14-17-13(15(18)20-14)8-10-3-2-6-21-10/h2-8H,1H3. The third-order valence-electron chi connectivity index (χ3n) is 2.85. The smallest absolute Gasteiger partial charge is 0.363 e. The van der Waals surface area contributed by atoms with Gasteiger partial charge >= 0.3 is 5.97 Å². The number of rotatable bonds is 3. The molecule has 2 heterocycles. The number of hydrogen-bond donors (Lipinski definition) is 0. The molecule has 0 unspecified atom stereocenters. The summed E-state index contributed by atoms with van der Waals surface area (Å²) in [5, 5.41) is 1.94. The van der Waals surface area contributed by atoms with Gasteiger partial charge in [-0.25, -0.2) is 9.79 Å². The Morgan fingerprint density at radius 2 is 2.24 bits per heavy atom. The summed E-state index contributed by atoms with van der Waals surface area (Å²) in [5.74, 6) is 0.559. The number of carbonyl (C=O) groups is 1. The van der Waals surface area contributed by atoms with E-state index in [1.807, 2.05) is 17.5 Å². The number of aliphatic imine (C=N–C) groups is 1. The van der Waals surface area contributed by atoms with Crippen molar-refractivity contribution in [1.29, 1.82) is 0 Å². The number of halogens is 1. The first-order valence-corrected chi connectivity index (χ1v) is 7.74. The van der Waals surface area contributed by atoms with Crippen molar-refractivity contribution in [3.8, 4) is 5.75 Å². The molecule has 0 saturated carbocycles. The molecule has 0 spiro atoms. The fraction of sp³-hybridized carbons (Fsp3) is 0.0667. The van der Waals surface area contributed by atoms with E-state index in [4.69, 9.17) is 9.47 Å². The number of methoxy groups -OCH3 is 1. The second-order valence-corrected chi connectivity index (χ2v) is 6.03. The van der Waals surface area contributed by atoms with Crippen LogP contribution >= 0.6 is 27.3 Å². The van der Waals surface area contributed by atoms with Gasteiger partial charge in [-0.2, -0.15) is 0 Å². The van der Waals surface area contributed by atoms with Gasteiger partial charge in [0.15, 0.2) is 5.70 Å². The monoisotopic (exact) mass is 363 g/mol. The first-order valence-electron chi connectivity index (χ1n) is 6.07. The predicted octanol–water partition coefficient (Wildman–Crippen LogP) is 3.86. The highest BCUT2D eigenvalue weighted by atomic mass is 79.9. The molecule has 0 amide bonds. The molecular weight excluding hydrogens is 354 g/mol. The van der Waals surface area contributed by atoms with Crippen LogP contribution in [0.4, 0.5) is 0 Å². The summed E-state index contributed by atoms with van der Waals surface area (Å²) in [5.41, 5.74) is 1.01. The van der Waals surface area contributed by atoms with E-state index in [1.165, 1.54) is 11.3 Å². The van der Waals surface area contributed by atoms with Gasteiger partial charge in [-0.05, 0) is 51.7 Å². The molecule has 0 radical (unpaired) electrons. The van der Waals surface area contributed by atoms with Gasteiger partial charge < -0.3 is 9.47 Å². The minimum absolute atomic E-state index is 0.289. The molecule has 2 aromatic rings. The first kappa shape index (κ1) is 14.0. The van der Waals surface area contributed by atoms with Crippen LogP contribution in [0.1, 0.15) is 10.4 Å². The zero-order chi connectivity index (χ0) is 14.8. The summed E-state index contributed by atoms with van der Waals surface area (Å²) in [6.45, 7) is 0. The van der Waals surface area contributed by atoms with Crippen molar-refractivity contribution in [3.05, 3.63) is 56.3 Å². The summed E-state index contributed by atoms with van der Waals surface area (Å²) < 4.78 is 11.1. The number of cyclic esters (lactones) is 1. The summed E-state index contributed by atoms with van der Waals surface area (Å²) in [6.07, 6.45) is 1.72. The van der Waals surface area contributed by atoms with E-state index >= 15 is 0 Å². The molecule has 106 valence electrons. The molecule has 0 bridgehead atoms. The molecule has 0 fully saturated rings. The largest absolute Gasteiger partial charge is 0.497 e. The Morgan fingerprint density at radius 3 is 2.90 bits per heavy atom. The van der Waals surface area contributed by atoms with Crippen LogP contribution in [0.2, 0.25) is 0 Å². The summed E-state index contributed by atoms with van der Waals surface area (Å²) >= 11 is 4.97. The van der Waals surface area contributed by atoms with Gasteiger partial charge in [0.2, 0.25) is 5.90 Å². The number of carbonyl (C=O) groups excluding carboxylic acids is 1. The normalized spacial score (nSPS) is 16.0. The second-order valence-electron chi connectivity index (χ2n) is 4.20. The van der Waals surface area contributed by atoms with Gasteiger partial charge in [0, 0.05) is 9.35 Å². The molecule has 6 heteroatoms. The third-order valence-corrected chi connectivity index (χ3v) is 4.32. The maximum Gasteiger partial charge on any atom is 0.363 e. The van der Waals surface area contributed by atoms with E-state index in [0.717, 1.165) is 9.35 Å². The summed E-state index contributed by atoms with van der Waals surface area (Å²) in [4.78, 5) is 17.1. The molecule has 3 rings (SSSR count). The van der Waals surface area contributed by atoms with Crippen LogP contribution in [0.5, 0.6) is 5.75 Å². The van der Waals surface area contributed by atoms with Gasteiger partial charge in [-0.3, -0.25) is 0 Å². The fourth-order valence-electron chi connectivity index (χ4n) is 1.83. The summed E-state index contributed by atoms with van der Waals surface area (Å²) in [7, 11) is 1.59. The fourth-order valence-corrected chi connectivity index (χ4v) is 3.01. The number of nitrogens with zero attached hydrogens (tertiary/aromatic N) is 1. The number of thiophene rings is 1. The number of benzene rings is 1. The molecule has 1 aliphatic rings.